The molecule has 1 rings (SSSR count). The minimum atomic E-state index is 0.0598. The quantitative estimate of drug-likeness (QED) is 0.764. The molecule has 0 aromatic heterocycles. The Labute approximate surface area is 122 Å². The molecule has 1 aliphatic rings. The molecule has 0 spiro atoms. The molecule has 0 saturated carbocycles. The van der Waals surface area contributed by atoms with Gasteiger partial charge < -0.3 is 15.5 Å². The summed E-state index contributed by atoms with van der Waals surface area (Å²) in [6.45, 7) is 8.37. The van der Waals surface area contributed by atoms with Gasteiger partial charge in [-0.05, 0) is 32.7 Å². The Bertz CT molecular complexity index is 323. The number of carbonyl (C=O) groups is 2. The number of amides is 2. The number of piperidine rings is 1. The maximum atomic E-state index is 12.1. The second-order valence-electron chi connectivity index (χ2n) is 6.05. The van der Waals surface area contributed by atoms with Crippen LogP contribution in [0.5, 0.6) is 0 Å². The molecule has 1 aliphatic heterocycles. The molecule has 1 unspecified atom stereocenters. The molecule has 116 valence electrons. The van der Waals surface area contributed by atoms with Gasteiger partial charge in [0, 0.05) is 38.0 Å². The summed E-state index contributed by atoms with van der Waals surface area (Å²) in [4.78, 5) is 25.9. The van der Waals surface area contributed by atoms with Crippen LogP contribution in [0.4, 0.5) is 0 Å². The minimum Gasteiger partial charge on any atom is -0.353 e. The summed E-state index contributed by atoms with van der Waals surface area (Å²) < 4.78 is 0. The van der Waals surface area contributed by atoms with Crippen LogP contribution in [0.2, 0.25) is 0 Å². The smallest absolute Gasteiger partial charge is 0.223 e. The maximum absolute atomic E-state index is 12.1. The monoisotopic (exact) mass is 283 g/mol. The SMILES string of the molecule is CNCCC(=O)N1CCC(C(=O)NC(C)C(C)C)CC1. The van der Waals surface area contributed by atoms with Crippen LogP contribution in [-0.2, 0) is 9.59 Å². The number of hydrogen-bond donors (Lipinski definition) is 2. The highest BCUT2D eigenvalue weighted by Gasteiger charge is 2.27. The van der Waals surface area contributed by atoms with Crippen molar-refractivity contribution < 1.29 is 9.59 Å². The summed E-state index contributed by atoms with van der Waals surface area (Å²) in [6.07, 6.45) is 2.10. The van der Waals surface area contributed by atoms with E-state index < -0.39 is 0 Å². The van der Waals surface area contributed by atoms with Crippen LogP contribution in [0, 0.1) is 11.8 Å². The number of carbonyl (C=O) groups excluding carboxylic acids is 2. The van der Waals surface area contributed by atoms with Gasteiger partial charge in [0.25, 0.3) is 0 Å². The van der Waals surface area contributed by atoms with Crippen LogP contribution in [-0.4, -0.2) is 49.4 Å². The average Bonchev–Trinajstić information content (AvgIpc) is 2.44. The third kappa shape index (κ3) is 5.12. The third-order valence-corrected chi connectivity index (χ3v) is 4.18. The second-order valence-corrected chi connectivity index (χ2v) is 6.05. The number of rotatable bonds is 6. The minimum absolute atomic E-state index is 0.0598. The van der Waals surface area contributed by atoms with Crippen LogP contribution < -0.4 is 10.6 Å². The first-order valence-electron chi connectivity index (χ1n) is 7.68. The highest BCUT2D eigenvalue weighted by atomic mass is 16.2. The molecule has 0 bridgehead atoms. The van der Waals surface area contributed by atoms with Gasteiger partial charge in [-0.25, -0.2) is 0 Å². The fourth-order valence-electron chi connectivity index (χ4n) is 2.29. The van der Waals surface area contributed by atoms with E-state index in [-0.39, 0.29) is 23.8 Å². The lowest BCUT2D eigenvalue weighted by Gasteiger charge is -2.32. The van der Waals surface area contributed by atoms with Crippen LogP contribution in [0.3, 0.4) is 0 Å². The molecule has 1 atom stereocenters. The molecule has 1 fully saturated rings. The van der Waals surface area contributed by atoms with Gasteiger partial charge >= 0.3 is 0 Å². The standard InChI is InChI=1S/C15H29N3O2/c1-11(2)12(3)17-15(20)13-6-9-18(10-7-13)14(19)5-8-16-4/h11-13,16H,5-10H2,1-4H3,(H,17,20). The Morgan fingerprint density at radius 2 is 1.80 bits per heavy atom. The molecule has 0 radical (unpaired) electrons. The summed E-state index contributed by atoms with van der Waals surface area (Å²) in [5, 5.41) is 6.06. The van der Waals surface area contributed by atoms with Crippen molar-refractivity contribution in [2.45, 2.75) is 46.1 Å². The van der Waals surface area contributed by atoms with Crippen molar-refractivity contribution in [3.63, 3.8) is 0 Å². The van der Waals surface area contributed by atoms with Gasteiger partial charge in [-0.2, -0.15) is 0 Å². The molecule has 0 aromatic rings. The Morgan fingerprint density at radius 3 is 2.30 bits per heavy atom. The molecular formula is C15H29N3O2. The van der Waals surface area contributed by atoms with Crippen LogP contribution in [0.15, 0.2) is 0 Å². The van der Waals surface area contributed by atoms with E-state index in [1.165, 1.54) is 0 Å². The normalized spacial score (nSPS) is 18.1. The van der Waals surface area contributed by atoms with Gasteiger partial charge in [-0.1, -0.05) is 13.8 Å². The van der Waals surface area contributed by atoms with Gasteiger partial charge in [0.1, 0.15) is 0 Å². The Kier molecular flexibility index (Phi) is 6.99. The second kappa shape index (κ2) is 8.25. The predicted molar refractivity (Wildman–Crippen MR) is 80.3 cm³/mol. The van der Waals surface area contributed by atoms with E-state index in [0.717, 1.165) is 12.8 Å². The molecule has 1 heterocycles. The summed E-state index contributed by atoms with van der Waals surface area (Å²) in [6, 6.07) is 0.206. The lowest BCUT2D eigenvalue weighted by atomic mass is 9.94. The van der Waals surface area contributed by atoms with Crippen molar-refractivity contribution >= 4 is 11.8 Å². The topological polar surface area (TPSA) is 61.4 Å². The van der Waals surface area contributed by atoms with Crippen molar-refractivity contribution in [3.8, 4) is 0 Å². The fraction of sp³-hybridized carbons (Fsp3) is 0.867. The van der Waals surface area contributed by atoms with E-state index in [1.807, 2.05) is 18.9 Å². The largest absolute Gasteiger partial charge is 0.353 e. The van der Waals surface area contributed by atoms with E-state index in [4.69, 9.17) is 0 Å². The molecule has 0 aromatic carbocycles. The molecule has 1 saturated heterocycles. The van der Waals surface area contributed by atoms with Gasteiger partial charge in [0.05, 0.1) is 0 Å². The van der Waals surface area contributed by atoms with E-state index in [1.54, 1.807) is 0 Å². The molecule has 2 amide bonds. The molecule has 5 heteroatoms. The zero-order valence-electron chi connectivity index (χ0n) is 13.2. The van der Waals surface area contributed by atoms with E-state index in [0.29, 0.717) is 32.0 Å². The highest BCUT2D eigenvalue weighted by molar-refractivity contribution is 5.80. The van der Waals surface area contributed by atoms with Gasteiger partial charge in [-0.3, -0.25) is 9.59 Å². The van der Waals surface area contributed by atoms with Crippen molar-refractivity contribution in [1.29, 1.82) is 0 Å². The zero-order valence-corrected chi connectivity index (χ0v) is 13.2. The Hall–Kier alpha value is -1.10. The van der Waals surface area contributed by atoms with Crippen molar-refractivity contribution in [2.75, 3.05) is 26.7 Å². The molecule has 5 nitrogen and oxygen atoms in total. The average molecular weight is 283 g/mol. The van der Waals surface area contributed by atoms with Crippen LogP contribution >= 0.6 is 0 Å². The Balaban J connectivity index is 2.34. The van der Waals surface area contributed by atoms with E-state index in [2.05, 4.69) is 24.5 Å². The lowest BCUT2D eigenvalue weighted by Crippen LogP contribution is -2.46. The maximum Gasteiger partial charge on any atom is 0.223 e. The van der Waals surface area contributed by atoms with Gasteiger partial charge in [0.2, 0.25) is 11.8 Å². The van der Waals surface area contributed by atoms with Crippen molar-refractivity contribution in [3.05, 3.63) is 0 Å². The number of likely N-dealkylation sites (tertiary alicyclic amines) is 1. The van der Waals surface area contributed by atoms with Gasteiger partial charge in [0.15, 0.2) is 0 Å². The molecule has 0 aliphatic carbocycles. The summed E-state index contributed by atoms with van der Waals surface area (Å²) >= 11 is 0. The first-order valence-corrected chi connectivity index (χ1v) is 7.68. The van der Waals surface area contributed by atoms with Crippen molar-refractivity contribution in [2.24, 2.45) is 11.8 Å². The lowest BCUT2D eigenvalue weighted by molar-refractivity contribution is -0.135. The molecule has 2 N–H and O–H groups in total. The number of nitrogens with one attached hydrogen (secondary N) is 2. The molecule has 20 heavy (non-hydrogen) atoms. The van der Waals surface area contributed by atoms with Gasteiger partial charge in [-0.15, -0.1) is 0 Å². The third-order valence-electron chi connectivity index (χ3n) is 4.18. The first kappa shape index (κ1) is 17.0. The summed E-state index contributed by atoms with van der Waals surface area (Å²) in [7, 11) is 1.85. The predicted octanol–water partition coefficient (Wildman–Crippen LogP) is 0.995. The van der Waals surface area contributed by atoms with E-state index >= 15 is 0 Å². The van der Waals surface area contributed by atoms with Crippen LogP contribution in [0.25, 0.3) is 0 Å². The highest BCUT2D eigenvalue weighted by Crippen LogP contribution is 2.18. The number of hydrogen-bond acceptors (Lipinski definition) is 3. The Morgan fingerprint density at radius 1 is 1.20 bits per heavy atom. The van der Waals surface area contributed by atoms with E-state index in [9.17, 15) is 9.59 Å². The zero-order chi connectivity index (χ0) is 15.1. The van der Waals surface area contributed by atoms with Crippen LogP contribution in [0.1, 0.15) is 40.0 Å². The summed E-state index contributed by atoms with van der Waals surface area (Å²) in [5.74, 6) is 0.842. The fourth-order valence-corrected chi connectivity index (χ4v) is 2.29. The molecular weight excluding hydrogens is 254 g/mol. The number of nitrogens with zero attached hydrogens (tertiary/aromatic N) is 1. The first-order chi connectivity index (χ1) is 9.45. The van der Waals surface area contributed by atoms with Crippen molar-refractivity contribution in [1.82, 2.24) is 15.5 Å². The summed E-state index contributed by atoms with van der Waals surface area (Å²) in [5.41, 5.74) is 0.